The lowest BCUT2D eigenvalue weighted by molar-refractivity contribution is 0.253. The smallest absolute Gasteiger partial charge is 0.123 e. The van der Waals surface area contributed by atoms with E-state index in [-0.39, 0.29) is 0 Å². The van der Waals surface area contributed by atoms with Gasteiger partial charge in [0.1, 0.15) is 5.75 Å². The van der Waals surface area contributed by atoms with Crippen molar-refractivity contribution in [3.8, 4) is 5.75 Å². The number of halogens is 1. The number of benzene rings is 1. The molecule has 0 aromatic heterocycles. The Bertz CT molecular complexity index is 361. The van der Waals surface area contributed by atoms with Crippen LogP contribution in [0.1, 0.15) is 24.8 Å². The summed E-state index contributed by atoms with van der Waals surface area (Å²) in [5.41, 5.74) is 1.20. The third-order valence-corrected chi connectivity index (χ3v) is 3.83. The van der Waals surface area contributed by atoms with Gasteiger partial charge in [-0.15, -0.1) is 0 Å². The fourth-order valence-electron chi connectivity index (χ4n) is 2.24. The van der Waals surface area contributed by atoms with Crippen LogP contribution in [0.2, 0.25) is 0 Å². The summed E-state index contributed by atoms with van der Waals surface area (Å²) in [6.07, 6.45) is 3.80. The number of aryl methyl sites for hydroxylation is 1. The maximum atomic E-state index is 5.86. The van der Waals surface area contributed by atoms with Crippen LogP contribution in [0.4, 0.5) is 0 Å². The average Bonchev–Trinajstić information content (AvgIpc) is 2.35. The van der Waals surface area contributed by atoms with Gasteiger partial charge in [0.05, 0.1) is 6.61 Å². The second-order valence-electron chi connectivity index (χ2n) is 4.76. The van der Waals surface area contributed by atoms with Crippen LogP contribution in [0.25, 0.3) is 0 Å². The number of piperidine rings is 1. The molecular formula is C14H20BrNO. The van der Waals surface area contributed by atoms with Gasteiger partial charge in [0.25, 0.3) is 0 Å². The first-order valence-electron chi connectivity index (χ1n) is 6.35. The van der Waals surface area contributed by atoms with Crippen LogP contribution in [0.5, 0.6) is 5.75 Å². The highest BCUT2D eigenvalue weighted by Gasteiger charge is 2.12. The standard InChI is InChI=1S/C14H20BrNO/c1-11-4-5-13(15)9-14(11)17-8-6-12-3-2-7-16-10-12/h4-5,9,12,16H,2-3,6-8,10H2,1H3. The first-order chi connectivity index (χ1) is 8.25. The van der Waals surface area contributed by atoms with Gasteiger partial charge in [-0.25, -0.2) is 0 Å². The van der Waals surface area contributed by atoms with Gasteiger partial charge in [-0.1, -0.05) is 22.0 Å². The van der Waals surface area contributed by atoms with Crippen molar-refractivity contribution < 1.29 is 4.74 Å². The summed E-state index contributed by atoms with van der Waals surface area (Å²) in [6.45, 7) is 5.25. The maximum absolute atomic E-state index is 5.86. The molecule has 1 aromatic rings. The Kier molecular flexibility index (Phi) is 4.86. The maximum Gasteiger partial charge on any atom is 0.123 e. The Morgan fingerprint density at radius 3 is 3.12 bits per heavy atom. The molecule has 2 rings (SSSR count). The third-order valence-electron chi connectivity index (χ3n) is 3.33. The Hall–Kier alpha value is -0.540. The predicted molar refractivity (Wildman–Crippen MR) is 74.6 cm³/mol. The lowest BCUT2D eigenvalue weighted by atomic mass is 9.97. The quantitative estimate of drug-likeness (QED) is 0.918. The highest BCUT2D eigenvalue weighted by Crippen LogP contribution is 2.23. The van der Waals surface area contributed by atoms with Crippen LogP contribution in [0.15, 0.2) is 22.7 Å². The third kappa shape index (κ3) is 4.00. The lowest BCUT2D eigenvalue weighted by Crippen LogP contribution is -2.30. The van der Waals surface area contributed by atoms with Crippen LogP contribution >= 0.6 is 15.9 Å². The number of rotatable bonds is 4. The first kappa shape index (κ1) is 12.9. The van der Waals surface area contributed by atoms with Gasteiger partial charge in [0, 0.05) is 4.47 Å². The molecule has 17 heavy (non-hydrogen) atoms. The number of hydrogen-bond donors (Lipinski definition) is 1. The van der Waals surface area contributed by atoms with E-state index in [1.54, 1.807) is 0 Å². The highest BCUT2D eigenvalue weighted by molar-refractivity contribution is 9.10. The van der Waals surface area contributed by atoms with Gasteiger partial charge < -0.3 is 10.1 Å². The van der Waals surface area contributed by atoms with Gasteiger partial charge >= 0.3 is 0 Å². The molecule has 94 valence electrons. The molecule has 1 atom stereocenters. The lowest BCUT2D eigenvalue weighted by Gasteiger charge is -2.22. The van der Waals surface area contributed by atoms with Crippen molar-refractivity contribution in [2.24, 2.45) is 5.92 Å². The Labute approximate surface area is 112 Å². The van der Waals surface area contributed by atoms with Crippen molar-refractivity contribution in [1.82, 2.24) is 5.32 Å². The van der Waals surface area contributed by atoms with E-state index >= 15 is 0 Å². The molecule has 0 saturated carbocycles. The molecule has 1 aromatic carbocycles. The number of ether oxygens (including phenoxy) is 1. The van der Waals surface area contributed by atoms with E-state index in [4.69, 9.17) is 4.74 Å². The number of nitrogens with one attached hydrogen (secondary N) is 1. The van der Waals surface area contributed by atoms with Crippen molar-refractivity contribution in [2.45, 2.75) is 26.2 Å². The van der Waals surface area contributed by atoms with Gasteiger partial charge in [0.2, 0.25) is 0 Å². The summed E-state index contributed by atoms with van der Waals surface area (Å²) >= 11 is 3.47. The zero-order chi connectivity index (χ0) is 12.1. The fraction of sp³-hybridized carbons (Fsp3) is 0.571. The molecule has 1 saturated heterocycles. The molecule has 1 N–H and O–H groups in total. The van der Waals surface area contributed by atoms with Gasteiger partial charge in [0.15, 0.2) is 0 Å². The molecule has 1 aliphatic rings. The van der Waals surface area contributed by atoms with Crippen molar-refractivity contribution in [1.29, 1.82) is 0 Å². The summed E-state index contributed by atoms with van der Waals surface area (Å²) in [4.78, 5) is 0. The monoisotopic (exact) mass is 297 g/mol. The Morgan fingerprint density at radius 1 is 1.47 bits per heavy atom. The summed E-state index contributed by atoms with van der Waals surface area (Å²) in [5.74, 6) is 1.79. The van der Waals surface area contributed by atoms with E-state index in [0.29, 0.717) is 0 Å². The summed E-state index contributed by atoms with van der Waals surface area (Å²) < 4.78 is 6.94. The largest absolute Gasteiger partial charge is 0.493 e. The second-order valence-corrected chi connectivity index (χ2v) is 5.68. The summed E-state index contributed by atoms with van der Waals surface area (Å²) in [7, 11) is 0. The molecule has 0 spiro atoms. The zero-order valence-corrected chi connectivity index (χ0v) is 11.9. The molecule has 2 nitrogen and oxygen atoms in total. The van der Waals surface area contributed by atoms with Crippen LogP contribution in [0, 0.1) is 12.8 Å². The van der Waals surface area contributed by atoms with Gasteiger partial charge in [-0.3, -0.25) is 0 Å². The zero-order valence-electron chi connectivity index (χ0n) is 10.3. The van der Waals surface area contributed by atoms with E-state index in [9.17, 15) is 0 Å². The molecule has 1 aliphatic heterocycles. The Morgan fingerprint density at radius 2 is 2.35 bits per heavy atom. The molecule has 0 amide bonds. The van der Waals surface area contributed by atoms with Crippen molar-refractivity contribution in [3.63, 3.8) is 0 Å². The van der Waals surface area contributed by atoms with Crippen LogP contribution in [-0.2, 0) is 0 Å². The van der Waals surface area contributed by atoms with Crippen LogP contribution < -0.4 is 10.1 Å². The minimum Gasteiger partial charge on any atom is -0.493 e. The average molecular weight is 298 g/mol. The predicted octanol–water partition coefficient (Wildman–Crippen LogP) is 3.53. The fourth-order valence-corrected chi connectivity index (χ4v) is 2.58. The van der Waals surface area contributed by atoms with Crippen molar-refractivity contribution >= 4 is 15.9 Å². The van der Waals surface area contributed by atoms with E-state index in [1.807, 2.05) is 6.07 Å². The SMILES string of the molecule is Cc1ccc(Br)cc1OCCC1CCCNC1. The Balaban J connectivity index is 1.79. The molecule has 0 aliphatic carbocycles. The molecule has 1 fully saturated rings. The molecule has 1 unspecified atom stereocenters. The topological polar surface area (TPSA) is 21.3 Å². The van der Waals surface area contributed by atoms with E-state index in [2.05, 4.69) is 40.3 Å². The van der Waals surface area contributed by atoms with Crippen LogP contribution in [-0.4, -0.2) is 19.7 Å². The number of hydrogen-bond acceptors (Lipinski definition) is 2. The summed E-state index contributed by atoms with van der Waals surface area (Å²) in [5, 5.41) is 3.44. The van der Waals surface area contributed by atoms with E-state index < -0.39 is 0 Å². The molecular weight excluding hydrogens is 278 g/mol. The van der Waals surface area contributed by atoms with Gasteiger partial charge in [-0.05, 0) is 62.9 Å². The molecule has 0 radical (unpaired) electrons. The van der Waals surface area contributed by atoms with Crippen molar-refractivity contribution in [2.75, 3.05) is 19.7 Å². The van der Waals surface area contributed by atoms with Crippen molar-refractivity contribution in [3.05, 3.63) is 28.2 Å². The highest BCUT2D eigenvalue weighted by atomic mass is 79.9. The normalized spacial score (nSPS) is 20.2. The second kappa shape index (κ2) is 6.41. The molecule has 1 heterocycles. The molecule has 3 heteroatoms. The minimum atomic E-state index is 0.788. The molecule has 0 bridgehead atoms. The first-order valence-corrected chi connectivity index (χ1v) is 7.14. The van der Waals surface area contributed by atoms with E-state index in [0.717, 1.165) is 35.7 Å². The van der Waals surface area contributed by atoms with E-state index in [1.165, 1.54) is 24.9 Å². The minimum absolute atomic E-state index is 0.788. The van der Waals surface area contributed by atoms with Crippen LogP contribution in [0.3, 0.4) is 0 Å². The van der Waals surface area contributed by atoms with Gasteiger partial charge in [-0.2, -0.15) is 0 Å². The summed E-state index contributed by atoms with van der Waals surface area (Å²) in [6, 6.07) is 6.18.